The van der Waals surface area contributed by atoms with E-state index in [1.54, 1.807) is 12.3 Å². The first-order chi connectivity index (χ1) is 18.5. The van der Waals surface area contributed by atoms with Gasteiger partial charge in [-0.25, -0.2) is 14.8 Å². The first-order valence-corrected chi connectivity index (χ1v) is 14.6. The predicted molar refractivity (Wildman–Crippen MR) is 152 cm³/mol. The number of hydrogen-bond acceptors (Lipinski definition) is 14. The Balaban J connectivity index is 1.48. The number of fused-ring (bicyclic) bond motifs is 1. The van der Waals surface area contributed by atoms with Crippen LogP contribution in [0.15, 0.2) is 38.7 Å². The number of carbonyl (C=O) groups is 3. The molecule has 0 saturated carbocycles. The summed E-state index contributed by atoms with van der Waals surface area (Å²) in [6, 6.07) is -0.937. The molecule has 0 aromatic carbocycles. The largest absolute Gasteiger partial charge is 0.477 e. The zero-order valence-electron chi connectivity index (χ0n) is 21.7. The lowest BCUT2D eigenvalue weighted by Gasteiger charge is -2.49. The van der Waals surface area contributed by atoms with Crippen molar-refractivity contribution in [3.8, 4) is 0 Å². The van der Waals surface area contributed by atoms with Crippen LogP contribution in [0.5, 0.6) is 0 Å². The molecule has 2 unspecified atom stereocenters. The number of aliphatic carboxylic acids is 1. The molecule has 210 valence electrons. The summed E-state index contributed by atoms with van der Waals surface area (Å²) >= 11 is 3.86. The number of rotatable bonds is 9. The monoisotopic (exact) mass is 595 g/mol. The van der Waals surface area contributed by atoms with Crippen LogP contribution in [0.2, 0.25) is 0 Å². The van der Waals surface area contributed by atoms with Crippen molar-refractivity contribution in [1.82, 2.24) is 25.0 Å². The predicted octanol–water partition coefficient (Wildman–Crippen LogP) is -0.0731. The van der Waals surface area contributed by atoms with E-state index in [0.717, 1.165) is 11.3 Å². The maximum Gasteiger partial charge on any atom is 0.352 e. The smallest absolute Gasteiger partial charge is 0.352 e. The van der Waals surface area contributed by atoms with Crippen LogP contribution in [-0.4, -0.2) is 110 Å². The molecule has 1 aromatic rings. The van der Waals surface area contributed by atoms with E-state index in [2.05, 4.69) is 20.4 Å². The number of aromatic nitrogens is 1. The molecule has 3 aliphatic rings. The van der Waals surface area contributed by atoms with E-state index < -0.39 is 29.2 Å². The third-order valence-electron chi connectivity index (χ3n) is 5.95. The molecule has 0 aliphatic carbocycles. The fraction of sp³-hybridized carbons (Fsp3) is 0.455. The number of amidine groups is 1. The number of likely N-dealkylation sites (N-methyl/N-ethyl adjacent to an activating group) is 2. The minimum absolute atomic E-state index is 0.0797. The molecular formula is C22H29N9O5S3. The zero-order valence-corrected chi connectivity index (χ0v) is 24.1. The van der Waals surface area contributed by atoms with Crippen LogP contribution in [0.25, 0.3) is 0 Å². The van der Waals surface area contributed by atoms with Crippen molar-refractivity contribution >= 4 is 68.7 Å². The minimum Gasteiger partial charge on any atom is -0.477 e. The van der Waals surface area contributed by atoms with E-state index in [1.165, 1.54) is 28.4 Å². The van der Waals surface area contributed by atoms with Crippen molar-refractivity contribution in [2.45, 2.75) is 24.5 Å². The molecule has 4 rings (SSSR count). The Bertz CT molecular complexity index is 1290. The maximum atomic E-state index is 13.1. The summed E-state index contributed by atoms with van der Waals surface area (Å²) in [7, 11) is 5.72. The van der Waals surface area contributed by atoms with Gasteiger partial charge in [0.2, 0.25) is 0 Å². The molecule has 4 heterocycles. The lowest BCUT2D eigenvalue weighted by atomic mass is 10.0. The molecule has 14 nitrogen and oxygen atoms in total. The summed E-state index contributed by atoms with van der Waals surface area (Å²) in [4.78, 5) is 57.1. The Morgan fingerprint density at radius 2 is 2.13 bits per heavy atom. The molecule has 0 spiro atoms. The molecule has 2 amide bonds. The first kappa shape index (κ1) is 28.7. The normalized spacial score (nSPS) is 23.3. The van der Waals surface area contributed by atoms with Gasteiger partial charge in [-0.05, 0) is 32.7 Å². The van der Waals surface area contributed by atoms with Crippen LogP contribution in [0.4, 0.5) is 5.13 Å². The van der Waals surface area contributed by atoms with Gasteiger partial charge in [0.05, 0.1) is 0 Å². The van der Waals surface area contributed by atoms with E-state index in [1.807, 2.05) is 37.0 Å². The van der Waals surface area contributed by atoms with Gasteiger partial charge in [0, 0.05) is 23.9 Å². The molecule has 1 aromatic heterocycles. The second kappa shape index (κ2) is 11.8. The van der Waals surface area contributed by atoms with E-state index in [0.29, 0.717) is 28.1 Å². The van der Waals surface area contributed by atoms with Crippen molar-refractivity contribution in [2.24, 2.45) is 15.9 Å². The number of nitrogens with two attached hydrogens (primary N) is 2. The fourth-order valence-corrected chi connectivity index (χ4v) is 7.17. The fourth-order valence-electron chi connectivity index (χ4n) is 4.12. The Morgan fingerprint density at radius 3 is 2.74 bits per heavy atom. The molecule has 1 fully saturated rings. The number of thiazole rings is 1. The van der Waals surface area contributed by atoms with Crippen molar-refractivity contribution in [1.29, 1.82) is 0 Å². The van der Waals surface area contributed by atoms with Crippen molar-refractivity contribution in [3.05, 3.63) is 34.2 Å². The second-order valence-corrected chi connectivity index (χ2v) is 11.7. The van der Waals surface area contributed by atoms with Gasteiger partial charge in [0.1, 0.15) is 41.4 Å². The molecule has 0 bridgehead atoms. The average molecular weight is 596 g/mol. The summed E-state index contributed by atoms with van der Waals surface area (Å²) in [5.74, 6) is -1.37. The summed E-state index contributed by atoms with van der Waals surface area (Å²) in [5, 5.41) is 18.4. The number of oxime groups is 1. The molecule has 0 radical (unpaired) electrons. The van der Waals surface area contributed by atoms with Gasteiger partial charge in [0.25, 0.3) is 11.8 Å². The molecule has 17 heteroatoms. The van der Waals surface area contributed by atoms with Gasteiger partial charge in [-0.3, -0.25) is 19.4 Å². The molecule has 39 heavy (non-hydrogen) atoms. The van der Waals surface area contributed by atoms with E-state index in [-0.39, 0.29) is 35.0 Å². The lowest BCUT2D eigenvalue weighted by Crippen LogP contribution is -2.71. The second-order valence-electron chi connectivity index (χ2n) is 8.81. The molecule has 3 aliphatic heterocycles. The summed E-state index contributed by atoms with van der Waals surface area (Å²) < 4.78 is 0. The topological polar surface area (TPSA) is 192 Å². The molecule has 3 atom stereocenters. The number of carbonyl (C=O) groups excluding carboxylic acids is 2. The number of nitrogens with one attached hydrogen (secondary N) is 1. The number of nitrogens with zero attached hydrogens (tertiary/aromatic N) is 6. The Hall–Kier alpha value is -3.28. The minimum atomic E-state index is -1.21. The Morgan fingerprint density at radius 1 is 1.38 bits per heavy atom. The third kappa shape index (κ3) is 5.85. The molecular weight excluding hydrogens is 567 g/mol. The SMILES string of the molecule is CCO/N=C(\C(=O)NC1C(=O)N2C(C(=O)O)=C(CSC3=NC(N)=CC(N(C)C)N3C)CS[C@@H]12)c1csc(N)n1. The number of β-lactam (4-membered cyclic amide) rings is 1. The highest BCUT2D eigenvalue weighted by Gasteiger charge is 2.54. The highest BCUT2D eigenvalue weighted by Crippen LogP contribution is 2.41. The van der Waals surface area contributed by atoms with E-state index in [9.17, 15) is 19.5 Å². The Kier molecular flexibility index (Phi) is 8.73. The van der Waals surface area contributed by atoms with Crippen LogP contribution in [0.1, 0.15) is 12.6 Å². The van der Waals surface area contributed by atoms with Crippen LogP contribution in [0.3, 0.4) is 0 Å². The number of nitrogen functional groups attached to an aromatic ring is 1. The number of carboxylic acid groups (broad SMARTS) is 1. The highest BCUT2D eigenvalue weighted by atomic mass is 32.2. The van der Waals surface area contributed by atoms with Gasteiger partial charge in [0.15, 0.2) is 16.0 Å². The number of amides is 2. The van der Waals surface area contributed by atoms with Crippen LogP contribution >= 0.6 is 34.9 Å². The summed E-state index contributed by atoms with van der Waals surface area (Å²) in [6.45, 7) is 1.93. The first-order valence-electron chi connectivity index (χ1n) is 11.7. The standard InChI is InChI=1S/C22H29N9O5S3/c1-5-36-28-14(11-9-38-21(24)25-11)17(32)27-15-18(33)31-16(20(34)35)10(7-37-19(15)31)8-39-22-26-12(23)6-13(29(2)3)30(22)4/h6,9,13,15,19H,5,7-8,23H2,1-4H3,(H2,24,25)(H,27,32)(H,34,35)/b28-14-/t13?,15?,19-/m0/s1. The number of anilines is 1. The number of thioether (sulfide) groups is 2. The van der Waals surface area contributed by atoms with Gasteiger partial charge in [-0.2, -0.15) is 0 Å². The third-order valence-corrected chi connectivity index (χ3v) is 9.09. The Labute approximate surface area is 237 Å². The highest BCUT2D eigenvalue weighted by molar-refractivity contribution is 8.14. The van der Waals surface area contributed by atoms with Crippen LogP contribution in [-0.2, 0) is 19.2 Å². The van der Waals surface area contributed by atoms with Crippen molar-refractivity contribution in [3.63, 3.8) is 0 Å². The number of carboxylic acids is 1. The van der Waals surface area contributed by atoms with E-state index >= 15 is 0 Å². The number of hydrogen-bond donors (Lipinski definition) is 4. The summed E-state index contributed by atoms with van der Waals surface area (Å²) in [6.07, 6.45) is 1.73. The van der Waals surface area contributed by atoms with Gasteiger partial charge in [-0.1, -0.05) is 16.9 Å². The van der Waals surface area contributed by atoms with Crippen molar-refractivity contribution in [2.75, 3.05) is 45.0 Å². The number of aliphatic imine (C=N–C) groups is 1. The zero-order chi connectivity index (χ0) is 28.4. The quantitative estimate of drug-likeness (QED) is 0.169. The van der Waals surface area contributed by atoms with Gasteiger partial charge < -0.3 is 31.6 Å². The molecule has 1 saturated heterocycles. The van der Waals surface area contributed by atoms with E-state index in [4.69, 9.17) is 16.3 Å². The maximum absolute atomic E-state index is 13.1. The molecule has 6 N–H and O–H groups in total. The summed E-state index contributed by atoms with van der Waals surface area (Å²) in [5.41, 5.74) is 12.3. The van der Waals surface area contributed by atoms with Gasteiger partial charge in [-0.15, -0.1) is 23.1 Å². The van der Waals surface area contributed by atoms with Crippen LogP contribution < -0.4 is 16.8 Å². The average Bonchev–Trinajstić information content (AvgIpc) is 3.32. The van der Waals surface area contributed by atoms with Crippen LogP contribution in [0, 0.1) is 0 Å². The van der Waals surface area contributed by atoms with Gasteiger partial charge >= 0.3 is 5.97 Å². The lowest BCUT2D eigenvalue weighted by molar-refractivity contribution is -0.150. The van der Waals surface area contributed by atoms with Crippen molar-refractivity contribution < 1.29 is 24.3 Å².